The maximum Gasteiger partial charge on any atom is 0.187 e. The third-order valence-corrected chi connectivity index (χ3v) is 15.5. The molecule has 3 saturated carbocycles. The molecule has 3 saturated heterocycles. The molecule has 16 atom stereocenters. The number of hydrogen-bond acceptors (Lipinski definition) is 10. The number of nitrogens with one attached hydrogen (secondary N) is 2. The molecule has 0 amide bonds. The van der Waals surface area contributed by atoms with E-state index in [9.17, 15) is 15.3 Å². The highest BCUT2D eigenvalue weighted by atomic mass is 32.1. The van der Waals surface area contributed by atoms with Crippen LogP contribution in [0, 0.1) is 46.3 Å². The first kappa shape index (κ1) is 38.7. The standard InChI is InChI=1S/C42H61N3O8S/c1-23-12-17-42(50-22-23)24(2)34-32(53-42)19-31-29-11-8-26-18-28(13-15-40(26,3)30(29)14-16-41(31,34)4)51-38-35(37(48)36(47)33(21-46)52-38)44-39(54)45-43-20-25-6-9-27(49-5)10-7-25/h6-10,20,23-24,28-38,46-48H,11-19,21-22H2,1-5H3,(H2,44,45,54)/b43-20+/t23-,24+,28+,29-,30+,31+,32+,33-,34+,35-,36-,37-,38-,40+,41+,42-/m1/s1. The molecule has 11 nitrogen and oxygen atoms in total. The van der Waals surface area contributed by atoms with Crippen LogP contribution in [0.25, 0.3) is 0 Å². The van der Waals surface area contributed by atoms with Gasteiger partial charge in [-0.25, -0.2) is 0 Å². The van der Waals surface area contributed by atoms with Crippen molar-refractivity contribution in [1.82, 2.24) is 10.7 Å². The van der Waals surface area contributed by atoms with Gasteiger partial charge in [0, 0.05) is 12.3 Å². The molecule has 12 heteroatoms. The fraction of sp³-hybridized carbons (Fsp3) is 0.762. The lowest BCUT2D eigenvalue weighted by Gasteiger charge is -2.58. The van der Waals surface area contributed by atoms with E-state index in [1.54, 1.807) is 13.3 Å². The number of aliphatic hydroxyl groups excluding tert-OH is 3. The maximum absolute atomic E-state index is 11.2. The van der Waals surface area contributed by atoms with Crippen LogP contribution >= 0.6 is 12.2 Å². The summed E-state index contributed by atoms with van der Waals surface area (Å²) in [4.78, 5) is 0. The van der Waals surface area contributed by atoms with E-state index in [1.165, 1.54) is 24.8 Å². The molecular formula is C42H61N3O8S. The molecule has 0 radical (unpaired) electrons. The Morgan fingerprint density at radius 1 is 1.06 bits per heavy atom. The molecule has 0 aromatic heterocycles. The van der Waals surface area contributed by atoms with Crippen LogP contribution in [-0.2, 0) is 18.9 Å². The monoisotopic (exact) mass is 767 g/mol. The molecule has 3 aliphatic heterocycles. The Hall–Kier alpha value is -2.16. The number of hydrogen-bond donors (Lipinski definition) is 5. The van der Waals surface area contributed by atoms with E-state index in [4.69, 9.17) is 35.9 Å². The zero-order valence-electron chi connectivity index (χ0n) is 32.5. The Morgan fingerprint density at radius 2 is 1.85 bits per heavy atom. The average Bonchev–Trinajstić information content (AvgIpc) is 3.61. The quantitative estimate of drug-likeness (QED) is 0.110. The number of rotatable bonds is 7. The smallest absolute Gasteiger partial charge is 0.187 e. The van der Waals surface area contributed by atoms with Crippen LogP contribution < -0.4 is 15.5 Å². The minimum atomic E-state index is -1.32. The third kappa shape index (κ3) is 6.64. The zero-order chi connectivity index (χ0) is 38.0. The Labute approximate surface area is 325 Å². The fourth-order valence-corrected chi connectivity index (χ4v) is 12.5. The lowest BCUT2D eigenvalue weighted by atomic mass is 9.47. The number of benzene rings is 1. The Bertz CT molecular complexity index is 1590. The summed E-state index contributed by atoms with van der Waals surface area (Å²) in [5, 5.41) is 39.4. The molecule has 298 valence electrons. The topological polar surface area (TPSA) is 143 Å². The maximum atomic E-state index is 11.2. The first-order chi connectivity index (χ1) is 25.9. The van der Waals surface area contributed by atoms with E-state index in [1.807, 2.05) is 24.3 Å². The second kappa shape index (κ2) is 15.0. The van der Waals surface area contributed by atoms with E-state index in [2.05, 4.69) is 49.6 Å². The summed E-state index contributed by atoms with van der Waals surface area (Å²) < 4.78 is 31.5. The molecule has 0 unspecified atom stereocenters. The third-order valence-electron chi connectivity index (χ3n) is 15.3. The van der Waals surface area contributed by atoms with Gasteiger partial charge >= 0.3 is 0 Å². The lowest BCUT2D eigenvalue weighted by molar-refractivity contribution is -0.283. The van der Waals surface area contributed by atoms with Crippen LogP contribution in [0.1, 0.15) is 91.0 Å². The summed E-state index contributed by atoms with van der Waals surface area (Å²) in [7, 11) is 1.61. The highest BCUT2D eigenvalue weighted by Gasteiger charge is 2.68. The molecular weight excluding hydrogens is 707 g/mol. The number of fused-ring (bicyclic) bond motifs is 7. The molecule has 5 N–H and O–H groups in total. The molecule has 6 fully saturated rings. The molecule has 1 aromatic carbocycles. The van der Waals surface area contributed by atoms with Crippen molar-refractivity contribution >= 4 is 23.5 Å². The predicted octanol–water partition coefficient (Wildman–Crippen LogP) is 5.05. The van der Waals surface area contributed by atoms with Crippen molar-refractivity contribution in [3.05, 3.63) is 41.5 Å². The van der Waals surface area contributed by atoms with Crippen molar-refractivity contribution in [1.29, 1.82) is 0 Å². The van der Waals surface area contributed by atoms with E-state index in [-0.39, 0.29) is 27.8 Å². The minimum Gasteiger partial charge on any atom is -0.497 e. The van der Waals surface area contributed by atoms with Crippen molar-refractivity contribution in [3.63, 3.8) is 0 Å². The summed E-state index contributed by atoms with van der Waals surface area (Å²) in [6, 6.07) is 6.53. The van der Waals surface area contributed by atoms with Crippen molar-refractivity contribution in [2.24, 2.45) is 51.4 Å². The number of thiocarbonyl (C=S) groups is 1. The first-order valence-corrected chi connectivity index (χ1v) is 20.8. The van der Waals surface area contributed by atoms with Crippen molar-refractivity contribution in [3.8, 4) is 5.75 Å². The van der Waals surface area contributed by atoms with Gasteiger partial charge in [0.1, 0.15) is 30.1 Å². The molecule has 4 aliphatic carbocycles. The van der Waals surface area contributed by atoms with Crippen LogP contribution in [0.4, 0.5) is 0 Å². The summed E-state index contributed by atoms with van der Waals surface area (Å²) >= 11 is 5.52. The van der Waals surface area contributed by atoms with Crippen LogP contribution in [0.3, 0.4) is 0 Å². The molecule has 8 rings (SSSR count). The number of allylic oxidation sites excluding steroid dienone is 1. The number of methoxy groups -OCH3 is 1. The number of nitrogens with zero attached hydrogens (tertiary/aromatic N) is 1. The first-order valence-electron chi connectivity index (χ1n) is 20.4. The van der Waals surface area contributed by atoms with Crippen molar-refractivity contribution in [2.45, 2.75) is 134 Å². The molecule has 0 bridgehead atoms. The van der Waals surface area contributed by atoms with E-state index >= 15 is 0 Å². The van der Waals surface area contributed by atoms with E-state index in [0.717, 1.165) is 56.4 Å². The van der Waals surface area contributed by atoms with Gasteiger partial charge in [-0.15, -0.1) is 0 Å². The van der Waals surface area contributed by atoms with Gasteiger partial charge in [-0.05, 0) is 134 Å². The van der Waals surface area contributed by atoms with Gasteiger partial charge in [-0.2, -0.15) is 5.10 Å². The van der Waals surface area contributed by atoms with E-state index < -0.39 is 37.3 Å². The van der Waals surface area contributed by atoms with Crippen molar-refractivity contribution < 1.29 is 39.0 Å². The molecule has 54 heavy (non-hydrogen) atoms. The molecule has 7 aliphatic rings. The molecule has 1 aromatic rings. The van der Waals surface area contributed by atoms with Crippen molar-refractivity contribution in [2.75, 3.05) is 20.3 Å². The lowest BCUT2D eigenvalue weighted by Crippen LogP contribution is -2.66. The van der Waals surface area contributed by atoms with Gasteiger partial charge < -0.3 is 44.3 Å². The number of aliphatic hydroxyl groups is 3. The van der Waals surface area contributed by atoms with Gasteiger partial charge in [-0.3, -0.25) is 5.43 Å². The normalized spacial score (nSPS) is 47.0. The number of ether oxygens (including phenoxy) is 5. The van der Waals surface area contributed by atoms with Gasteiger partial charge in [-0.1, -0.05) is 39.3 Å². The SMILES string of the molecule is COc1ccc(/C=N/NC(=S)N[C@H]2[C@H](O[C@H]3CC[C@@]4(C)C(=CC[C@H]5[C@@H]6C[C@@H]7O[C@]8(CC[C@@H](C)CO8)[C@@H](C)[C@@H]7[C@@]6(C)CC[C@@H]54)C3)O[C@H](CO)[C@@H](O)[C@@H]2O)cc1. The summed E-state index contributed by atoms with van der Waals surface area (Å²) in [6.07, 6.45) is 9.32. The fourth-order valence-electron chi connectivity index (χ4n) is 12.3. The number of hydrazone groups is 1. The highest BCUT2D eigenvalue weighted by molar-refractivity contribution is 7.80. The average molecular weight is 768 g/mol. The van der Waals surface area contributed by atoms with Crippen LogP contribution in [0.5, 0.6) is 5.75 Å². The Kier molecular flexibility index (Phi) is 10.7. The Morgan fingerprint density at radius 3 is 2.57 bits per heavy atom. The van der Waals surface area contributed by atoms with Gasteiger partial charge in [0.2, 0.25) is 0 Å². The second-order valence-corrected chi connectivity index (χ2v) is 18.5. The second-order valence-electron chi connectivity index (χ2n) is 18.1. The zero-order valence-corrected chi connectivity index (χ0v) is 33.3. The molecule has 1 spiro atoms. The minimum absolute atomic E-state index is 0.111. The van der Waals surface area contributed by atoms with Gasteiger partial charge in [0.25, 0.3) is 0 Å². The predicted molar refractivity (Wildman–Crippen MR) is 208 cm³/mol. The summed E-state index contributed by atoms with van der Waals surface area (Å²) in [6.45, 7) is 10.2. The molecule has 3 heterocycles. The Balaban J connectivity index is 0.925. The van der Waals surface area contributed by atoms with Crippen LogP contribution in [0.15, 0.2) is 41.0 Å². The van der Waals surface area contributed by atoms with Crippen LogP contribution in [-0.4, -0.2) is 95.6 Å². The summed E-state index contributed by atoms with van der Waals surface area (Å²) in [5.41, 5.74) is 5.49. The summed E-state index contributed by atoms with van der Waals surface area (Å²) in [5.74, 6) is 3.88. The van der Waals surface area contributed by atoms with Crippen LogP contribution in [0.2, 0.25) is 0 Å². The van der Waals surface area contributed by atoms with E-state index in [0.29, 0.717) is 41.6 Å². The van der Waals surface area contributed by atoms with Gasteiger partial charge in [0.15, 0.2) is 17.2 Å². The van der Waals surface area contributed by atoms with Gasteiger partial charge in [0.05, 0.1) is 38.7 Å². The highest BCUT2D eigenvalue weighted by Crippen LogP contribution is 2.70. The largest absolute Gasteiger partial charge is 0.497 e.